The molecule has 3 aromatic rings. The molecule has 1 radical (unpaired) electrons. The zero-order valence-corrected chi connectivity index (χ0v) is 15.4. The zero-order valence-electron chi connectivity index (χ0n) is 13.4. The first-order valence-electron chi connectivity index (χ1n) is 7.06. The number of benzene rings is 1. The molecule has 1 aromatic carbocycles. The summed E-state index contributed by atoms with van der Waals surface area (Å²) in [5.74, 6) is 0.686. The van der Waals surface area contributed by atoms with E-state index in [1.807, 2.05) is 36.7 Å². The SMILES string of the molecule is CCc1[nH]c(=O)[nH]c1C(=O)c1ccc(-n2ccnc2C)cc1.[Na]. The molecule has 7 heteroatoms. The van der Waals surface area contributed by atoms with Gasteiger partial charge in [0.1, 0.15) is 11.5 Å². The Bertz CT molecular complexity index is 874. The summed E-state index contributed by atoms with van der Waals surface area (Å²) in [7, 11) is 0. The van der Waals surface area contributed by atoms with E-state index in [2.05, 4.69) is 15.0 Å². The summed E-state index contributed by atoms with van der Waals surface area (Å²) >= 11 is 0. The summed E-state index contributed by atoms with van der Waals surface area (Å²) in [6.07, 6.45) is 4.18. The standard InChI is InChI=1S/C16H16N4O2.Na/c1-3-13-14(19-16(22)18-13)15(21)11-4-6-12(7-5-11)20-9-8-17-10(20)2;/h4-9H,3H2,1-2H3,(H2,18,19,22);. The van der Waals surface area contributed by atoms with Gasteiger partial charge in [-0.2, -0.15) is 0 Å². The third kappa shape index (κ3) is 3.39. The molecule has 0 saturated carbocycles. The van der Waals surface area contributed by atoms with E-state index in [0.29, 0.717) is 23.4 Å². The number of hydrogen-bond acceptors (Lipinski definition) is 3. The number of hydrogen-bond donors (Lipinski definition) is 2. The average molecular weight is 319 g/mol. The van der Waals surface area contributed by atoms with E-state index in [1.54, 1.807) is 18.3 Å². The van der Waals surface area contributed by atoms with Gasteiger partial charge in [0, 0.05) is 58.9 Å². The van der Waals surface area contributed by atoms with Crippen molar-refractivity contribution in [3.05, 3.63) is 69.9 Å². The van der Waals surface area contributed by atoms with Crippen LogP contribution in [0.5, 0.6) is 0 Å². The maximum Gasteiger partial charge on any atom is 0.323 e. The smallest absolute Gasteiger partial charge is 0.309 e. The Morgan fingerprint density at radius 1 is 1.22 bits per heavy atom. The van der Waals surface area contributed by atoms with Crippen molar-refractivity contribution in [1.82, 2.24) is 19.5 Å². The molecule has 2 aromatic heterocycles. The van der Waals surface area contributed by atoms with Gasteiger partial charge in [0.25, 0.3) is 0 Å². The minimum Gasteiger partial charge on any atom is -0.309 e. The Hall–Kier alpha value is -1.89. The molecule has 6 nitrogen and oxygen atoms in total. The molecule has 0 aliphatic carbocycles. The number of carbonyl (C=O) groups is 1. The molecule has 113 valence electrons. The molecular weight excluding hydrogens is 303 g/mol. The molecule has 0 aliphatic rings. The van der Waals surface area contributed by atoms with Gasteiger partial charge in [-0.15, -0.1) is 0 Å². The normalized spacial score (nSPS) is 10.3. The van der Waals surface area contributed by atoms with Crippen LogP contribution in [0.2, 0.25) is 0 Å². The molecule has 0 fully saturated rings. The summed E-state index contributed by atoms with van der Waals surface area (Å²) in [5.41, 5.74) is 2.07. The number of carbonyl (C=O) groups excluding carboxylic acids is 1. The van der Waals surface area contributed by atoms with E-state index in [-0.39, 0.29) is 41.0 Å². The third-order valence-electron chi connectivity index (χ3n) is 3.62. The van der Waals surface area contributed by atoms with Gasteiger partial charge in [0.05, 0.1) is 0 Å². The Labute approximate surface area is 155 Å². The minimum atomic E-state index is -0.356. The topological polar surface area (TPSA) is 83.5 Å². The molecule has 2 heterocycles. The predicted octanol–water partition coefficient (Wildman–Crippen LogP) is 1.61. The maximum absolute atomic E-state index is 12.5. The van der Waals surface area contributed by atoms with Crippen molar-refractivity contribution in [2.45, 2.75) is 20.3 Å². The number of aromatic nitrogens is 4. The van der Waals surface area contributed by atoms with Gasteiger partial charge in [-0.25, -0.2) is 9.78 Å². The number of nitrogens with zero attached hydrogens (tertiary/aromatic N) is 2. The van der Waals surface area contributed by atoms with Crippen LogP contribution >= 0.6 is 0 Å². The molecule has 0 amide bonds. The van der Waals surface area contributed by atoms with Gasteiger partial charge in [-0.1, -0.05) is 6.92 Å². The number of aromatic amines is 2. The van der Waals surface area contributed by atoms with E-state index < -0.39 is 0 Å². The largest absolute Gasteiger partial charge is 0.323 e. The molecular formula is C16H16N4NaO2. The molecule has 0 aliphatic heterocycles. The molecule has 0 bridgehead atoms. The van der Waals surface area contributed by atoms with Crippen molar-refractivity contribution in [3.63, 3.8) is 0 Å². The summed E-state index contributed by atoms with van der Waals surface area (Å²) in [4.78, 5) is 33.3. The van der Waals surface area contributed by atoms with E-state index >= 15 is 0 Å². The summed E-state index contributed by atoms with van der Waals surface area (Å²) in [6, 6.07) is 7.22. The van der Waals surface area contributed by atoms with Gasteiger partial charge in [0.15, 0.2) is 0 Å². The van der Waals surface area contributed by atoms with E-state index in [4.69, 9.17) is 0 Å². The monoisotopic (exact) mass is 319 g/mol. The number of imidazole rings is 2. The van der Waals surface area contributed by atoms with Gasteiger partial charge < -0.3 is 14.5 Å². The van der Waals surface area contributed by atoms with Crippen LogP contribution < -0.4 is 5.69 Å². The molecule has 3 rings (SSSR count). The van der Waals surface area contributed by atoms with Crippen LogP contribution in [0.15, 0.2) is 41.5 Å². The molecule has 23 heavy (non-hydrogen) atoms. The van der Waals surface area contributed by atoms with Crippen molar-refractivity contribution in [3.8, 4) is 5.69 Å². The van der Waals surface area contributed by atoms with Crippen LogP contribution in [0, 0.1) is 6.92 Å². The Balaban J connectivity index is 0.00000192. The second-order valence-electron chi connectivity index (χ2n) is 5.01. The first-order chi connectivity index (χ1) is 10.6. The second-order valence-corrected chi connectivity index (χ2v) is 5.01. The van der Waals surface area contributed by atoms with Gasteiger partial charge in [0.2, 0.25) is 5.78 Å². The van der Waals surface area contributed by atoms with Gasteiger partial charge in [-0.3, -0.25) is 4.79 Å². The van der Waals surface area contributed by atoms with Gasteiger partial charge >= 0.3 is 5.69 Å². The van der Waals surface area contributed by atoms with Crippen molar-refractivity contribution in [2.75, 3.05) is 0 Å². The Morgan fingerprint density at radius 3 is 2.48 bits per heavy atom. The fourth-order valence-corrected chi connectivity index (χ4v) is 2.45. The van der Waals surface area contributed by atoms with Gasteiger partial charge in [-0.05, 0) is 37.6 Å². The van der Waals surface area contributed by atoms with Crippen molar-refractivity contribution in [1.29, 1.82) is 0 Å². The number of ketones is 1. The van der Waals surface area contributed by atoms with Crippen molar-refractivity contribution < 1.29 is 4.79 Å². The molecule has 2 N–H and O–H groups in total. The Morgan fingerprint density at radius 2 is 1.91 bits per heavy atom. The van der Waals surface area contributed by atoms with E-state index in [0.717, 1.165) is 11.5 Å². The zero-order chi connectivity index (χ0) is 15.7. The predicted molar refractivity (Wildman–Crippen MR) is 88.3 cm³/mol. The second kappa shape index (κ2) is 7.12. The van der Waals surface area contributed by atoms with E-state index in [9.17, 15) is 9.59 Å². The summed E-state index contributed by atoms with van der Waals surface area (Å²) < 4.78 is 1.93. The molecule has 0 atom stereocenters. The van der Waals surface area contributed by atoms with Crippen LogP contribution in [0.4, 0.5) is 0 Å². The first-order valence-corrected chi connectivity index (χ1v) is 7.06. The number of aryl methyl sites for hydroxylation is 2. The molecule has 0 saturated heterocycles. The fourth-order valence-electron chi connectivity index (χ4n) is 2.45. The summed E-state index contributed by atoms with van der Waals surface area (Å²) in [5, 5.41) is 0. The van der Waals surface area contributed by atoms with Crippen LogP contribution in [0.3, 0.4) is 0 Å². The van der Waals surface area contributed by atoms with Crippen LogP contribution in [-0.2, 0) is 6.42 Å². The Kier molecular flexibility index (Phi) is 5.41. The third-order valence-corrected chi connectivity index (χ3v) is 3.62. The maximum atomic E-state index is 12.5. The van der Waals surface area contributed by atoms with Crippen LogP contribution in [0.25, 0.3) is 5.69 Å². The van der Waals surface area contributed by atoms with Crippen molar-refractivity contribution in [2.24, 2.45) is 0 Å². The molecule has 0 spiro atoms. The minimum absolute atomic E-state index is 0. The summed E-state index contributed by atoms with van der Waals surface area (Å²) in [6.45, 7) is 3.80. The average Bonchev–Trinajstić information content (AvgIpc) is 3.12. The quantitative estimate of drug-likeness (QED) is 0.566. The number of nitrogens with one attached hydrogen (secondary N) is 2. The molecule has 0 unspecified atom stereocenters. The van der Waals surface area contributed by atoms with E-state index in [1.165, 1.54) is 0 Å². The number of rotatable bonds is 4. The number of H-pyrrole nitrogens is 2. The van der Waals surface area contributed by atoms with Crippen LogP contribution in [-0.4, -0.2) is 54.9 Å². The van der Waals surface area contributed by atoms with Crippen LogP contribution in [0.1, 0.15) is 34.5 Å². The van der Waals surface area contributed by atoms with Crippen molar-refractivity contribution >= 4 is 35.3 Å². The fraction of sp³-hybridized carbons (Fsp3) is 0.188. The first kappa shape index (κ1) is 17.5.